The molecule has 3 rings (SSSR count). The van der Waals surface area contributed by atoms with Crippen LogP contribution in [0.5, 0.6) is 5.75 Å². The fraction of sp³-hybridized carbons (Fsp3) is 0.625. The molecule has 1 heterocycles. The molecule has 1 aromatic rings. The van der Waals surface area contributed by atoms with Gasteiger partial charge in [-0.2, -0.15) is 0 Å². The summed E-state index contributed by atoms with van der Waals surface area (Å²) in [5.74, 6) is 1.52. The molecule has 2 atom stereocenters. The molecule has 1 aliphatic carbocycles. The normalized spacial score (nSPS) is 27.6. The van der Waals surface area contributed by atoms with E-state index in [1.54, 1.807) is 7.11 Å². The lowest BCUT2D eigenvalue weighted by Crippen LogP contribution is -2.42. The number of hydrogen-bond donors (Lipinski definition) is 1. The number of benzene rings is 1. The van der Waals surface area contributed by atoms with Crippen molar-refractivity contribution in [1.82, 2.24) is 4.90 Å². The molecule has 1 aliphatic heterocycles. The van der Waals surface area contributed by atoms with Gasteiger partial charge in [0.1, 0.15) is 5.75 Å². The van der Waals surface area contributed by atoms with Gasteiger partial charge in [-0.25, -0.2) is 0 Å². The average molecular weight is 339 g/mol. The van der Waals surface area contributed by atoms with E-state index >= 15 is 0 Å². The van der Waals surface area contributed by atoms with Crippen molar-refractivity contribution in [2.45, 2.75) is 37.8 Å². The average Bonchev–Trinajstić information content (AvgIpc) is 3.31. The summed E-state index contributed by atoms with van der Waals surface area (Å²) in [6, 6.07) is 7.50. The van der Waals surface area contributed by atoms with Crippen molar-refractivity contribution in [3.8, 4) is 5.75 Å². The summed E-state index contributed by atoms with van der Waals surface area (Å²) < 4.78 is 6.72. The highest BCUT2D eigenvalue weighted by molar-refractivity contribution is 9.10. The molecule has 2 aliphatic rings. The van der Waals surface area contributed by atoms with Crippen molar-refractivity contribution in [2.75, 3.05) is 20.2 Å². The molecule has 110 valence electrons. The topological polar surface area (TPSA) is 38.5 Å². The van der Waals surface area contributed by atoms with E-state index < -0.39 is 0 Å². The Morgan fingerprint density at radius 3 is 2.80 bits per heavy atom. The highest BCUT2D eigenvalue weighted by Crippen LogP contribution is 2.45. The van der Waals surface area contributed by atoms with Gasteiger partial charge in [0.25, 0.3) is 0 Å². The predicted octanol–water partition coefficient (Wildman–Crippen LogP) is 3.33. The van der Waals surface area contributed by atoms with Crippen LogP contribution in [0.2, 0.25) is 0 Å². The summed E-state index contributed by atoms with van der Waals surface area (Å²) in [4.78, 5) is 2.67. The molecule has 0 aromatic heterocycles. The smallest absolute Gasteiger partial charge is 0.123 e. The number of piperidine rings is 1. The summed E-state index contributed by atoms with van der Waals surface area (Å²) in [6.07, 6.45) is 5.17. The lowest BCUT2D eigenvalue weighted by Gasteiger charge is -2.42. The SMILES string of the molecule is COc1ccc(Br)cc1C1C(CN)CCCN1C1CC1. The van der Waals surface area contributed by atoms with Crippen LogP contribution in [0.1, 0.15) is 37.3 Å². The number of hydrogen-bond acceptors (Lipinski definition) is 3. The highest BCUT2D eigenvalue weighted by atomic mass is 79.9. The van der Waals surface area contributed by atoms with E-state index in [0.717, 1.165) is 22.8 Å². The van der Waals surface area contributed by atoms with Gasteiger partial charge < -0.3 is 10.5 Å². The Bertz CT molecular complexity index is 476. The van der Waals surface area contributed by atoms with Crippen LogP contribution in [0.15, 0.2) is 22.7 Å². The maximum Gasteiger partial charge on any atom is 0.123 e. The summed E-state index contributed by atoms with van der Waals surface area (Å²) >= 11 is 3.60. The second kappa shape index (κ2) is 6.04. The molecule has 1 saturated heterocycles. The largest absolute Gasteiger partial charge is 0.496 e. The second-order valence-corrected chi connectivity index (χ2v) is 6.85. The van der Waals surface area contributed by atoms with Crippen molar-refractivity contribution in [1.29, 1.82) is 0 Å². The van der Waals surface area contributed by atoms with E-state index in [0.29, 0.717) is 12.0 Å². The van der Waals surface area contributed by atoms with Gasteiger partial charge in [-0.15, -0.1) is 0 Å². The third kappa shape index (κ3) is 2.74. The van der Waals surface area contributed by atoms with Gasteiger partial charge in [-0.05, 0) is 62.9 Å². The van der Waals surface area contributed by atoms with Crippen LogP contribution < -0.4 is 10.5 Å². The minimum absolute atomic E-state index is 0.411. The molecule has 3 nitrogen and oxygen atoms in total. The monoisotopic (exact) mass is 338 g/mol. The zero-order valence-electron chi connectivity index (χ0n) is 12.0. The summed E-state index contributed by atoms with van der Waals surface area (Å²) in [6.45, 7) is 1.95. The molecule has 20 heavy (non-hydrogen) atoms. The van der Waals surface area contributed by atoms with E-state index in [9.17, 15) is 0 Å². The Labute approximate surface area is 129 Å². The lowest BCUT2D eigenvalue weighted by atomic mass is 9.84. The zero-order valence-corrected chi connectivity index (χ0v) is 13.6. The van der Waals surface area contributed by atoms with Gasteiger partial charge in [0.05, 0.1) is 7.11 Å². The van der Waals surface area contributed by atoms with Crippen LogP contribution in [-0.4, -0.2) is 31.1 Å². The van der Waals surface area contributed by atoms with Crippen LogP contribution in [0.4, 0.5) is 0 Å². The maximum absolute atomic E-state index is 6.06. The van der Waals surface area contributed by atoms with Crippen molar-refractivity contribution in [2.24, 2.45) is 11.7 Å². The van der Waals surface area contributed by atoms with Crippen molar-refractivity contribution in [3.63, 3.8) is 0 Å². The molecule has 1 saturated carbocycles. The number of nitrogens with zero attached hydrogens (tertiary/aromatic N) is 1. The number of rotatable bonds is 4. The first kappa shape index (κ1) is 14.4. The highest BCUT2D eigenvalue weighted by Gasteiger charge is 2.41. The van der Waals surface area contributed by atoms with E-state index in [2.05, 4.69) is 33.0 Å². The number of halogens is 1. The van der Waals surface area contributed by atoms with E-state index in [-0.39, 0.29) is 0 Å². The predicted molar refractivity (Wildman–Crippen MR) is 84.9 cm³/mol. The minimum Gasteiger partial charge on any atom is -0.496 e. The molecule has 0 amide bonds. The first-order valence-electron chi connectivity index (χ1n) is 7.54. The molecule has 1 aromatic carbocycles. The van der Waals surface area contributed by atoms with E-state index in [1.807, 2.05) is 6.07 Å². The number of ether oxygens (including phenoxy) is 1. The van der Waals surface area contributed by atoms with E-state index in [1.165, 1.54) is 37.8 Å². The molecule has 0 spiro atoms. The molecule has 2 N–H and O–H groups in total. The van der Waals surface area contributed by atoms with E-state index in [4.69, 9.17) is 10.5 Å². The molecule has 0 bridgehead atoms. The fourth-order valence-corrected chi connectivity index (χ4v) is 3.91. The number of methoxy groups -OCH3 is 1. The molecule has 2 fully saturated rings. The van der Waals surface area contributed by atoms with Gasteiger partial charge >= 0.3 is 0 Å². The summed E-state index contributed by atoms with van der Waals surface area (Å²) in [5, 5.41) is 0. The summed E-state index contributed by atoms with van der Waals surface area (Å²) in [7, 11) is 1.76. The molecule has 2 unspecified atom stereocenters. The molecule has 4 heteroatoms. The standard InChI is InChI=1S/C16H23BrN2O/c1-20-15-7-4-12(17)9-14(15)16-11(10-18)3-2-8-19(16)13-5-6-13/h4,7,9,11,13,16H,2-3,5-6,8,10,18H2,1H3. The van der Waals surface area contributed by atoms with Gasteiger partial charge in [-0.3, -0.25) is 4.90 Å². The Kier molecular flexibility index (Phi) is 4.34. The first-order chi connectivity index (χ1) is 9.74. The minimum atomic E-state index is 0.411. The molecular weight excluding hydrogens is 316 g/mol. The third-order valence-corrected chi connectivity index (χ3v) is 5.12. The first-order valence-corrected chi connectivity index (χ1v) is 8.33. The molecular formula is C16H23BrN2O. The van der Waals surface area contributed by atoms with Crippen LogP contribution >= 0.6 is 15.9 Å². The second-order valence-electron chi connectivity index (χ2n) is 5.94. The van der Waals surface area contributed by atoms with Gasteiger partial charge in [0, 0.05) is 22.1 Å². The Morgan fingerprint density at radius 2 is 2.15 bits per heavy atom. The van der Waals surface area contributed by atoms with Crippen LogP contribution in [0, 0.1) is 5.92 Å². The van der Waals surface area contributed by atoms with Crippen molar-refractivity contribution >= 4 is 15.9 Å². The number of nitrogens with two attached hydrogens (primary N) is 1. The Morgan fingerprint density at radius 1 is 1.35 bits per heavy atom. The van der Waals surface area contributed by atoms with Crippen molar-refractivity contribution < 1.29 is 4.74 Å². The van der Waals surface area contributed by atoms with Crippen LogP contribution in [0.25, 0.3) is 0 Å². The zero-order chi connectivity index (χ0) is 14.1. The molecule has 0 radical (unpaired) electrons. The van der Waals surface area contributed by atoms with Gasteiger partial charge in [0.2, 0.25) is 0 Å². The quantitative estimate of drug-likeness (QED) is 0.914. The lowest BCUT2D eigenvalue weighted by molar-refractivity contribution is 0.0860. The van der Waals surface area contributed by atoms with Crippen molar-refractivity contribution in [3.05, 3.63) is 28.2 Å². The Hall–Kier alpha value is -0.580. The number of likely N-dealkylation sites (tertiary alicyclic amines) is 1. The third-order valence-electron chi connectivity index (χ3n) is 4.62. The summed E-state index contributed by atoms with van der Waals surface area (Å²) in [5.41, 5.74) is 7.36. The van der Waals surface area contributed by atoms with Crippen LogP contribution in [-0.2, 0) is 0 Å². The Balaban J connectivity index is 1.99. The maximum atomic E-state index is 6.06. The van der Waals surface area contributed by atoms with Gasteiger partial charge in [0.15, 0.2) is 0 Å². The van der Waals surface area contributed by atoms with Gasteiger partial charge in [-0.1, -0.05) is 15.9 Å². The fourth-order valence-electron chi connectivity index (χ4n) is 3.54. The van der Waals surface area contributed by atoms with Crippen LogP contribution in [0.3, 0.4) is 0 Å².